The molecule has 0 amide bonds. The van der Waals surface area contributed by atoms with Gasteiger partial charge in [-0.1, -0.05) is 84.0 Å². The number of rotatable bonds is 20. The number of unbranched alkanes of at least 4 members (excludes halogenated alkanes) is 12. The highest BCUT2D eigenvalue weighted by Gasteiger charge is 2.29. The van der Waals surface area contributed by atoms with E-state index in [0.717, 1.165) is 19.3 Å². The van der Waals surface area contributed by atoms with Crippen LogP contribution in [0.3, 0.4) is 0 Å². The van der Waals surface area contributed by atoms with Gasteiger partial charge in [0.05, 0.1) is 12.5 Å². The van der Waals surface area contributed by atoms with Crippen LogP contribution >= 0.6 is 0 Å². The van der Waals surface area contributed by atoms with Crippen molar-refractivity contribution in [2.45, 2.75) is 128 Å². The van der Waals surface area contributed by atoms with E-state index in [1.807, 2.05) is 19.0 Å². The normalized spacial score (nSPS) is 18.2. The highest BCUT2D eigenvalue weighted by atomic mass is 16.7. The zero-order valence-corrected chi connectivity index (χ0v) is 21.1. The molecule has 0 radical (unpaired) electrons. The quantitative estimate of drug-likeness (QED) is 0.165. The molecular formula is C26H49NO5. The number of carbonyl (C=O) groups is 2. The van der Waals surface area contributed by atoms with Gasteiger partial charge in [0.25, 0.3) is 0 Å². The van der Waals surface area contributed by atoms with E-state index < -0.39 is 6.29 Å². The summed E-state index contributed by atoms with van der Waals surface area (Å²) in [7, 11) is 3.84. The average Bonchev–Trinajstić information content (AvgIpc) is 3.21. The maximum absolute atomic E-state index is 12.0. The van der Waals surface area contributed by atoms with Crippen LogP contribution < -0.4 is 0 Å². The average molecular weight is 456 g/mol. The van der Waals surface area contributed by atoms with E-state index in [0.29, 0.717) is 25.8 Å². The van der Waals surface area contributed by atoms with E-state index >= 15 is 0 Å². The molecule has 32 heavy (non-hydrogen) atoms. The van der Waals surface area contributed by atoms with Crippen molar-refractivity contribution in [1.29, 1.82) is 0 Å². The molecule has 0 spiro atoms. The lowest BCUT2D eigenvalue weighted by Crippen LogP contribution is -2.24. The number of nitrogens with zero attached hydrogens (tertiary/aromatic N) is 1. The zero-order chi connectivity index (χ0) is 23.4. The van der Waals surface area contributed by atoms with E-state index in [4.69, 9.17) is 14.2 Å². The number of hydrogen-bond acceptors (Lipinski definition) is 6. The lowest BCUT2D eigenvalue weighted by molar-refractivity contribution is -0.180. The molecule has 6 heteroatoms. The molecule has 0 saturated carbocycles. The van der Waals surface area contributed by atoms with Crippen molar-refractivity contribution in [2.24, 2.45) is 0 Å². The van der Waals surface area contributed by atoms with Crippen LogP contribution in [-0.4, -0.2) is 56.5 Å². The summed E-state index contributed by atoms with van der Waals surface area (Å²) in [4.78, 5) is 25.7. The van der Waals surface area contributed by atoms with E-state index in [1.54, 1.807) is 0 Å². The first kappa shape index (κ1) is 28.9. The molecule has 6 nitrogen and oxygen atoms in total. The minimum atomic E-state index is -0.491. The number of esters is 2. The van der Waals surface area contributed by atoms with E-state index in [2.05, 4.69) is 6.92 Å². The van der Waals surface area contributed by atoms with Crippen LogP contribution in [-0.2, 0) is 23.8 Å². The summed E-state index contributed by atoms with van der Waals surface area (Å²) >= 11 is 0. The maximum atomic E-state index is 12.0. The Morgan fingerprint density at radius 1 is 0.781 bits per heavy atom. The molecule has 0 unspecified atom stereocenters. The molecular weight excluding hydrogens is 406 g/mol. The van der Waals surface area contributed by atoms with Gasteiger partial charge in [0.15, 0.2) is 0 Å². The van der Waals surface area contributed by atoms with Gasteiger partial charge < -0.3 is 19.1 Å². The fraction of sp³-hybridized carbons (Fsp3) is 0.923. The van der Waals surface area contributed by atoms with Gasteiger partial charge in [-0.3, -0.25) is 9.59 Å². The molecule has 0 N–H and O–H groups in total. The molecule has 1 fully saturated rings. The Kier molecular flexibility index (Phi) is 17.5. The second kappa shape index (κ2) is 19.3. The lowest BCUT2D eigenvalue weighted by atomic mass is 10.0. The molecule has 0 aromatic heterocycles. The maximum Gasteiger partial charge on any atom is 0.308 e. The molecule has 0 bridgehead atoms. The Bertz CT molecular complexity index is 483. The van der Waals surface area contributed by atoms with Gasteiger partial charge in [-0.05, 0) is 26.9 Å². The summed E-state index contributed by atoms with van der Waals surface area (Å²) in [5.74, 6) is -0.396. The molecule has 1 aliphatic heterocycles. The topological polar surface area (TPSA) is 65.1 Å². The summed E-state index contributed by atoms with van der Waals surface area (Å²) < 4.78 is 16.4. The van der Waals surface area contributed by atoms with Crippen LogP contribution in [0.5, 0.6) is 0 Å². The first-order valence-electron chi connectivity index (χ1n) is 13.2. The second-order valence-corrected chi connectivity index (χ2v) is 9.48. The highest BCUT2D eigenvalue weighted by Crippen LogP contribution is 2.22. The van der Waals surface area contributed by atoms with Gasteiger partial charge in [-0.15, -0.1) is 0 Å². The molecule has 0 aromatic rings. The number of hydrogen-bond donors (Lipinski definition) is 0. The summed E-state index contributed by atoms with van der Waals surface area (Å²) in [6.07, 6.45) is 18.4. The van der Waals surface area contributed by atoms with Crippen molar-refractivity contribution in [3.05, 3.63) is 0 Å². The second-order valence-electron chi connectivity index (χ2n) is 9.48. The summed E-state index contributed by atoms with van der Waals surface area (Å²) in [6.45, 7) is 3.17. The molecule has 2 atom stereocenters. The van der Waals surface area contributed by atoms with Crippen molar-refractivity contribution >= 4 is 11.9 Å². The number of carbonyl (C=O) groups excluding carboxylic acids is 2. The Labute approximate surface area is 196 Å². The van der Waals surface area contributed by atoms with Gasteiger partial charge in [0.2, 0.25) is 6.29 Å². The third kappa shape index (κ3) is 16.5. The van der Waals surface area contributed by atoms with E-state index in [9.17, 15) is 9.59 Å². The van der Waals surface area contributed by atoms with Crippen molar-refractivity contribution in [3.8, 4) is 0 Å². The van der Waals surface area contributed by atoms with Gasteiger partial charge in [-0.2, -0.15) is 0 Å². The van der Waals surface area contributed by atoms with Crippen molar-refractivity contribution in [3.63, 3.8) is 0 Å². The molecule has 1 heterocycles. The Hall–Kier alpha value is -1.14. The zero-order valence-electron chi connectivity index (χ0n) is 21.1. The fourth-order valence-electron chi connectivity index (χ4n) is 3.95. The van der Waals surface area contributed by atoms with E-state index in [-0.39, 0.29) is 24.6 Å². The number of ether oxygens (including phenoxy) is 3. The molecule has 1 aliphatic rings. The standard InChI is InChI=1S/C26H49NO5/c1-4-5-6-7-8-9-10-11-12-13-14-15-16-17-25(29)32-26-19-18-23(31-26)22-30-24(28)20-21-27(2)3/h23,26H,4-22H2,1-3H3/t23-,26-/m0/s1. The van der Waals surface area contributed by atoms with Gasteiger partial charge in [0, 0.05) is 19.4 Å². The Morgan fingerprint density at radius 3 is 1.91 bits per heavy atom. The Balaban J connectivity index is 1.91. The first-order chi connectivity index (χ1) is 15.5. The molecule has 0 aliphatic carbocycles. The van der Waals surface area contributed by atoms with Gasteiger partial charge in [-0.25, -0.2) is 0 Å². The Morgan fingerprint density at radius 2 is 1.34 bits per heavy atom. The van der Waals surface area contributed by atoms with Crippen molar-refractivity contribution < 1.29 is 23.8 Å². The molecule has 0 aromatic carbocycles. The van der Waals surface area contributed by atoms with Crippen LogP contribution in [0, 0.1) is 0 Å². The summed E-state index contributed by atoms with van der Waals surface area (Å²) in [6, 6.07) is 0. The largest absolute Gasteiger partial charge is 0.463 e. The van der Waals surface area contributed by atoms with Crippen LogP contribution in [0.1, 0.15) is 116 Å². The third-order valence-electron chi connectivity index (χ3n) is 6.01. The first-order valence-corrected chi connectivity index (χ1v) is 13.2. The summed E-state index contributed by atoms with van der Waals surface area (Å²) in [5, 5.41) is 0. The predicted molar refractivity (Wildman–Crippen MR) is 128 cm³/mol. The predicted octanol–water partition coefficient (Wildman–Crippen LogP) is 6.01. The molecule has 1 rings (SSSR count). The van der Waals surface area contributed by atoms with E-state index in [1.165, 1.54) is 70.6 Å². The minimum absolute atomic E-state index is 0.174. The van der Waals surface area contributed by atoms with Crippen LogP contribution in [0.4, 0.5) is 0 Å². The van der Waals surface area contributed by atoms with Crippen molar-refractivity contribution in [2.75, 3.05) is 27.2 Å². The lowest BCUT2D eigenvalue weighted by Gasteiger charge is -2.15. The monoisotopic (exact) mass is 455 g/mol. The van der Waals surface area contributed by atoms with Gasteiger partial charge in [0.1, 0.15) is 6.61 Å². The smallest absolute Gasteiger partial charge is 0.308 e. The highest BCUT2D eigenvalue weighted by molar-refractivity contribution is 5.69. The van der Waals surface area contributed by atoms with Crippen LogP contribution in [0.15, 0.2) is 0 Å². The minimum Gasteiger partial charge on any atom is -0.463 e. The molecule has 188 valence electrons. The third-order valence-corrected chi connectivity index (χ3v) is 6.01. The summed E-state index contributed by atoms with van der Waals surface area (Å²) in [5.41, 5.74) is 0. The molecule has 1 saturated heterocycles. The van der Waals surface area contributed by atoms with Crippen LogP contribution in [0.25, 0.3) is 0 Å². The van der Waals surface area contributed by atoms with Crippen molar-refractivity contribution in [1.82, 2.24) is 4.90 Å². The SMILES string of the molecule is CCCCCCCCCCCCCCCC(=O)O[C@H]1CC[C@@H](COC(=O)CCN(C)C)O1. The fourth-order valence-corrected chi connectivity index (χ4v) is 3.95. The van der Waals surface area contributed by atoms with Crippen LogP contribution in [0.2, 0.25) is 0 Å². The van der Waals surface area contributed by atoms with Gasteiger partial charge >= 0.3 is 11.9 Å².